The molecule has 0 unspecified atom stereocenters. The number of methoxy groups -OCH3 is 2. The predicted molar refractivity (Wildman–Crippen MR) is 121 cm³/mol. The van der Waals surface area contributed by atoms with Gasteiger partial charge in [-0.2, -0.15) is 9.67 Å². The third kappa shape index (κ3) is 4.75. The Hall–Kier alpha value is -3.65. The first-order valence-corrected chi connectivity index (χ1v) is 10.6. The first kappa shape index (κ1) is 20.6. The van der Waals surface area contributed by atoms with E-state index in [1.165, 1.54) is 4.68 Å². The topological polar surface area (TPSA) is 78.3 Å². The van der Waals surface area contributed by atoms with Crippen LogP contribution in [-0.2, 0) is 13.0 Å². The lowest BCUT2D eigenvalue weighted by Gasteiger charge is -2.10. The maximum Gasteiger partial charge on any atom is 0.254 e. The van der Waals surface area contributed by atoms with Crippen molar-refractivity contribution in [2.24, 2.45) is 0 Å². The minimum Gasteiger partial charge on any atom is -0.493 e. The van der Waals surface area contributed by atoms with Crippen LogP contribution < -0.4 is 14.8 Å². The van der Waals surface area contributed by atoms with E-state index in [4.69, 9.17) is 9.47 Å². The first-order chi connectivity index (χ1) is 15.2. The van der Waals surface area contributed by atoms with Crippen LogP contribution in [0.4, 0.5) is 5.95 Å². The second kappa shape index (κ2) is 9.44. The molecule has 0 saturated heterocycles. The maximum atomic E-state index is 13.1. The van der Waals surface area contributed by atoms with Crippen molar-refractivity contribution in [3.8, 4) is 22.9 Å². The molecule has 7 nitrogen and oxygen atoms in total. The van der Waals surface area contributed by atoms with Crippen molar-refractivity contribution in [1.82, 2.24) is 14.8 Å². The number of anilines is 1. The Morgan fingerprint density at radius 3 is 2.55 bits per heavy atom. The molecule has 0 radical (unpaired) electrons. The largest absolute Gasteiger partial charge is 0.493 e. The molecular weight excluding hydrogens is 412 g/mol. The lowest BCUT2D eigenvalue weighted by molar-refractivity contribution is 0.0901. The summed E-state index contributed by atoms with van der Waals surface area (Å²) >= 11 is 1.64. The van der Waals surface area contributed by atoms with Gasteiger partial charge in [0, 0.05) is 10.4 Å². The minimum atomic E-state index is -0.199. The van der Waals surface area contributed by atoms with Gasteiger partial charge in [-0.1, -0.05) is 42.5 Å². The molecule has 0 saturated carbocycles. The molecule has 4 aromatic rings. The molecule has 0 bridgehead atoms. The zero-order valence-corrected chi connectivity index (χ0v) is 18.1. The first-order valence-electron chi connectivity index (χ1n) is 9.71. The van der Waals surface area contributed by atoms with Gasteiger partial charge < -0.3 is 14.8 Å². The highest BCUT2D eigenvalue weighted by Crippen LogP contribution is 2.28. The van der Waals surface area contributed by atoms with Gasteiger partial charge >= 0.3 is 0 Å². The smallest absolute Gasteiger partial charge is 0.254 e. The number of carbonyl (C=O) groups is 1. The van der Waals surface area contributed by atoms with Crippen LogP contribution >= 0.6 is 11.3 Å². The van der Waals surface area contributed by atoms with Crippen LogP contribution in [0.15, 0.2) is 66.0 Å². The number of rotatable bonds is 8. The van der Waals surface area contributed by atoms with Crippen LogP contribution in [0.5, 0.6) is 11.5 Å². The van der Waals surface area contributed by atoms with Crippen LogP contribution in [0.3, 0.4) is 0 Å². The lowest BCUT2D eigenvalue weighted by atomic mass is 10.1. The average Bonchev–Trinajstić information content (AvgIpc) is 3.48. The van der Waals surface area contributed by atoms with Gasteiger partial charge in [0.25, 0.3) is 5.91 Å². The molecule has 0 aliphatic rings. The Morgan fingerprint density at radius 2 is 1.84 bits per heavy atom. The summed E-state index contributed by atoms with van der Waals surface area (Å²) in [6.45, 7) is 0.564. The van der Waals surface area contributed by atoms with Crippen LogP contribution in [-0.4, -0.2) is 34.9 Å². The summed E-state index contributed by atoms with van der Waals surface area (Å²) in [6, 6.07) is 19.0. The van der Waals surface area contributed by atoms with Gasteiger partial charge in [-0.3, -0.25) is 4.79 Å². The van der Waals surface area contributed by atoms with E-state index in [1.807, 2.05) is 53.9 Å². The van der Waals surface area contributed by atoms with Crippen molar-refractivity contribution in [1.29, 1.82) is 0 Å². The number of thiophene rings is 1. The van der Waals surface area contributed by atoms with E-state index in [2.05, 4.69) is 15.4 Å². The summed E-state index contributed by atoms with van der Waals surface area (Å²) < 4.78 is 12.0. The number of nitrogens with zero attached hydrogens (tertiary/aromatic N) is 3. The van der Waals surface area contributed by atoms with E-state index < -0.39 is 0 Å². The Kier molecular flexibility index (Phi) is 6.28. The second-order valence-electron chi connectivity index (χ2n) is 6.73. The number of carbonyl (C=O) groups excluding carboxylic acids is 1. The van der Waals surface area contributed by atoms with Crippen LogP contribution in [0.2, 0.25) is 0 Å². The van der Waals surface area contributed by atoms with Crippen molar-refractivity contribution >= 4 is 23.2 Å². The summed E-state index contributed by atoms with van der Waals surface area (Å²) in [5.74, 6) is 1.90. The Bertz CT molecular complexity index is 1160. The lowest BCUT2D eigenvalue weighted by Crippen LogP contribution is -2.18. The third-order valence-electron chi connectivity index (χ3n) is 4.68. The van der Waals surface area contributed by atoms with E-state index in [9.17, 15) is 4.79 Å². The van der Waals surface area contributed by atoms with Crippen LogP contribution in [0.25, 0.3) is 11.4 Å². The quantitative estimate of drug-likeness (QED) is 0.439. The molecule has 8 heteroatoms. The van der Waals surface area contributed by atoms with E-state index >= 15 is 0 Å². The highest BCUT2D eigenvalue weighted by molar-refractivity contribution is 7.09. The van der Waals surface area contributed by atoms with Crippen molar-refractivity contribution in [3.05, 3.63) is 76.5 Å². The molecule has 31 heavy (non-hydrogen) atoms. The van der Waals surface area contributed by atoms with Gasteiger partial charge in [0.1, 0.15) is 0 Å². The summed E-state index contributed by atoms with van der Waals surface area (Å²) in [4.78, 5) is 18.9. The van der Waals surface area contributed by atoms with E-state index in [-0.39, 0.29) is 12.3 Å². The van der Waals surface area contributed by atoms with Gasteiger partial charge in [0.2, 0.25) is 5.95 Å². The standard InChI is InChI=1S/C23H22N4O3S/c1-29-19-11-10-16(13-20(19)30-2)14-21(28)27-23(24-15-18-9-6-12-31-18)25-22(26-27)17-7-4-3-5-8-17/h3-13H,14-15H2,1-2H3,(H,24,25,26). The fourth-order valence-corrected chi connectivity index (χ4v) is 3.77. The van der Waals surface area contributed by atoms with Crippen molar-refractivity contribution in [2.75, 3.05) is 19.5 Å². The molecule has 2 heterocycles. The molecule has 2 aromatic carbocycles. The summed E-state index contributed by atoms with van der Waals surface area (Å²) in [5.41, 5.74) is 1.64. The van der Waals surface area contributed by atoms with Gasteiger partial charge in [-0.25, -0.2) is 0 Å². The van der Waals surface area contributed by atoms with E-state index in [0.29, 0.717) is 29.8 Å². The van der Waals surface area contributed by atoms with Crippen LogP contribution in [0, 0.1) is 0 Å². The molecule has 0 aliphatic heterocycles. The molecule has 0 fully saturated rings. The van der Waals surface area contributed by atoms with Gasteiger partial charge in [0.15, 0.2) is 17.3 Å². The number of benzene rings is 2. The monoisotopic (exact) mass is 434 g/mol. The molecule has 2 aromatic heterocycles. The second-order valence-corrected chi connectivity index (χ2v) is 7.76. The fraction of sp³-hybridized carbons (Fsp3) is 0.174. The van der Waals surface area contributed by atoms with Crippen molar-refractivity contribution < 1.29 is 14.3 Å². The normalized spacial score (nSPS) is 10.6. The molecule has 1 N–H and O–H groups in total. The van der Waals surface area contributed by atoms with E-state index in [1.54, 1.807) is 37.7 Å². The summed E-state index contributed by atoms with van der Waals surface area (Å²) in [7, 11) is 3.15. The third-order valence-corrected chi connectivity index (χ3v) is 5.56. The summed E-state index contributed by atoms with van der Waals surface area (Å²) in [6.07, 6.45) is 0.144. The number of hydrogen-bond donors (Lipinski definition) is 1. The molecular formula is C23H22N4O3S. The van der Waals surface area contributed by atoms with Gasteiger partial charge in [-0.05, 0) is 29.1 Å². The average molecular weight is 435 g/mol. The van der Waals surface area contributed by atoms with Gasteiger partial charge in [-0.15, -0.1) is 16.4 Å². The van der Waals surface area contributed by atoms with E-state index in [0.717, 1.165) is 16.0 Å². The fourth-order valence-electron chi connectivity index (χ4n) is 3.13. The highest BCUT2D eigenvalue weighted by atomic mass is 32.1. The molecule has 0 spiro atoms. The van der Waals surface area contributed by atoms with Gasteiger partial charge in [0.05, 0.1) is 27.2 Å². The number of ether oxygens (including phenoxy) is 2. The predicted octanol–water partition coefficient (Wildman–Crippen LogP) is 4.52. The Balaban J connectivity index is 1.61. The number of aromatic nitrogens is 3. The van der Waals surface area contributed by atoms with Crippen LogP contribution in [0.1, 0.15) is 15.2 Å². The Morgan fingerprint density at radius 1 is 1.03 bits per heavy atom. The molecule has 158 valence electrons. The molecule has 0 aliphatic carbocycles. The zero-order chi connectivity index (χ0) is 21.6. The summed E-state index contributed by atoms with van der Waals surface area (Å²) in [5, 5.41) is 9.75. The molecule has 0 amide bonds. The maximum absolute atomic E-state index is 13.1. The molecule has 0 atom stereocenters. The minimum absolute atomic E-state index is 0.144. The van der Waals surface area contributed by atoms with Crippen molar-refractivity contribution in [3.63, 3.8) is 0 Å². The number of hydrogen-bond acceptors (Lipinski definition) is 7. The van der Waals surface area contributed by atoms with Crippen molar-refractivity contribution in [2.45, 2.75) is 13.0 Å². The highest BCUT2D eigenvalue weighted by Gasteiger charge is 2.18. The molecule has 4 rings (SSSR count). The zero-order valence-electron chi connectivity index (χ0n) is 17.2. The number of nitrogens with one attached hydrogen (secondary N) is 1. The Labute approximate surface area is 184 Å². The SMILES string of the molecule is COc1ccc(CC(=O)n2nc(-c3ccccc3)nc2NCc2cccs2)cc1OC.